The Hall–Kier alpha value is -1.64. The molecule has 140 valence electrons. The molecule has 0 aromatic heterocycles. The van der Waals surface area contributed by atoms with Gasteiger partial charge in [0.15, 0.2) is 0 Å². The average molecular weight is 369 g/mol. The first-order valence-electron chi connectivity index (χ1n) is 8.51. The van der Waals surface area contributed by atoms with Crippen LogP contribution in [-0.4, -0.2) is 46.6 Å². The summed E-state index contributed by atoms with van der Waals surface area (Å²) in [6.07, 6.45) is 1.70. The number of amides is 1. The van der Waals surface area contributed by atoms with Crippen LogP contribution in [0.4, 0.5) is 0 Å². The summed E-state index contributed by atoms with van der Waals surface area (Å²) in [6, 6.07) is 5.34. The summed E-state index contributed by atoms with van der Waals surface area (Å²) >= 11 is 0. The fourth-order valence-electron chi connectivity index (χ4n) is 2.74. The fraction of sp³-hybridized carbons (Fsp3) is 0.588. The van der Waals surface area contributed by atoms with Crippen molar-refractivity contribution in [2.45, 2.75) is 43.7 Å². The maximum atomic E-state index is 12.6. The highest BCUT2D eigenvalue weighted by Crippen LogP contribution is 2.17. The van der Waals surface area contributed by atoms with Crippen LogP contribution in [0.25, 0.3) is 0 Å². The van der Waals surface area contributed by atoms with E-state index in [1.807, 2.05) is 13.8 Å². The van der Waals surface area contributed by atoms with Gasteiger partial charge in [-0.05, 0) is 56.1 Å². The van der Waals surface area contributed by atoms with Crippen molar-refractivity contribution in [3.8, 4) is 5.75 Å². The molecule has 1 aromatic carbocycles. The number of sulfonamides is 1. The van der Waals surface area contributed by atoms with Gasteiger partial charge in [0.05, 0.1) is 12.0 Å². The number of hydrogen-bond acceptors (Lipinski definition) is 5. The van der Waals surface area contributed by atoms with Crippen molar-refractivity contribution in [3.05, 3.63) is 24.3 Å². The van der Waals surface area contributed by atoms with Gasteiger partial charge in [0.1, 0.15) is 11.8 Å². The van der Waals surface area contributed by atoms with Crippen molar-refractivity contribution in [1.29, 1.82) is 0 Å². The summed E-state index contributed by atoms with van der Waals surface area (Å²) in [4.78, 5) is 12.7. The number of carbonyl (C=O) groups excluding carboxylic acids is 1. The zero-order chi connectivity index (χ0) is 18.4. The highest BCUT2D eigenvalue weighted by Gasteiger charge is 2.30. The predicted molar refractivity (Wildman–Crippen MR) is 96.0 cm³/mol. The van der Waals surface area contributed by atoms with E-state index in [0.717, 1.165) is 25.9 Å². The van der Waals surface area contributed by atoms with Crippen LogP contribution in [0.2, 0.25) is 0 Å². The number of piperidine rings is 1. The Kier molecular flexibility index (Phi) is 6.80. The largest absolute Gasteiger partial charge is 0.497 e. The number of benzene rings is 1. The lowest BCUT2D eigenvalue weighted by Gasteiger charge is -2.28. The smallest absolute Gasteiger partial charge is 0.241 e. The van der Waals surface area contributed by atoms with Crippen molar-refractivity contribution >= 4 is 15.9 Å². The Morgan fingerprint density at radius 3 is 2.32 bits per heavy atom. The molecule has 8 heteroatoms. The molecule has 1 atom stereocenters. The lowest BCUT2D eigenvalue weighted by atomic mass is 10.0. The van der Waals surface area contributed by atoms with Gasteiger partial charge in [0.25, 0.3) is 0 Å². The second-order valence-corrected chi connectivity index (χ2v) is 8.27. The molecule has 0 bridgehead atoms. The minimum atomic E-state index is -3.79. The number of carbonyl (C=O) groups is 1. The van der Waals surface area contributed by atoms with E-state index < -0.39 is 16.1 Å². The summed E-state index contributed by atoms with van der Waals surface area (Å²) in [6.45, 7) is 5.36. The van der Waals surface area contributed by atoms with Gasteiger partial charge in [0, 0.05) is 6.04 Å². The molecular weight excluding hydrogens is 342 g/mol. The summed E-state index contributed by atoms with van der Waals surface area (Å²) < 4.78 is 32.8. The quantitative estimate of drug-likeness (QED) is 0.663. The van der Waals surface area contributed by atoms with E-state index in [1.54, 1.807) is 12.1 Å². The van der Waals surface area contributed by atoms with Crippen molar-refractivity contribution in [2.75, 3.05) is 20.2 Å². The number of methoxy groups -OCH3 is 1. The molecule has 1 heterocycles. The number of rotatable bonds is 7. The van der Waals surface area contributed by atoms with E-state index in [2.05, 4.69) is 15.4 Å². The molecule has 1 aliphatic heterocycles. The molecule has 0 spiro atoms. The Labute approximate surface area is 149 Å². The first-order chi connectivity index (χ1) is 11.8. The average Bonchev–Trinajstić information content (AvgIpc) is 2.60. The molecule has 1 aliphatic rings. The summed E-state index contributed by atoms with van der Waals surface area (Å²) in [5.41, 5.74) is 0. The second kappa shape index (κ2) is 8.64. The molecule has 7 nitrogen and oxygen atoms in total. The van der Waals surface area contributed by atoms with Crippen LogP contribution in [-0.2, 0) is 14.8 Å². The second-order valence-electron chi connectivity index (χ2n) is 6.55. The van der Waals surface area contributed by atoms with E-state index in [4.69, 9.17) is 4.74 Å². The van der Waals surface area contributed by atoms with E-state index in [-0.39, 0.29) is 22.8 Å². The third-order valence-electron chi connectivity index (χ3n) is 4.29. The van der Waals surface area contributed by atoms with Gasteiger partial charge in [-0.25, -0.2) is 8.42 Å². The first kappa shape index (κ1) is 19.7. The zero-order valence-electron chi connectivity index (χ0n) is 14.9. The van der Waals surface area contributed by atoms with Crippen LogP contribution < -0.4 is 20.1 Å². The van der Waals surface area contributed by atoms with Gasteiger partial charge in [0.2, 0.25) is 15.9 Å². The third-order valence-corrected chi connectivity index (χ3v) is 5.74. The molecular formula is C17H27N3O4S. The summed E-state index contributed by atoms with van der Waals surface area (Å²) in [5.74, 6) is 0.122. The predicted octanol–water partition coefficient (Wildman–Crippen LogP) is 0.866. The number of ether oxygens (including phenoxy) is 1. The molecule has 3 N–H and O–H groups in total. The SMILES string of the molecule is COc1ccc(S(=O)(=O)NC(C(=O)NC2CCNCC2)C(C)C)cc1. The molecule has 0 radical (unpaired) electrons. The minimum absolute atomic E-state index is 0.0838. The van der Waals surface area contributed by atoms with E-state index in [0.29, 0.717) is 5.75 Å². The van der Waals surface area contributed by atoms with Crippen molar-refractivity contribution < 1.29 is 17.9 Å². The minimum Gasteiger partial charge on any atom is -0.497 e. The molecule has 25 heavy (non-hydrogen) atoms. The Balaban J connectivity index is 2.09. The Bertz CT molecular complexity index is 668. The van der Waals surface area contributed by atoms with Crippen molar-refractivity contribution in [3.63, 3.8) is 0 Å². The Morgan fingerprint density at radius 1 is 1.20 bits per heavy atom. The zero-order valence-corrected chi connectivity index (χ0v) is 15.7. The number of hydrogen-bond donors (Lipinski definition) is 3. The van der Waals surface area contributed by atoms with Gasteiger partial charge >= 0.3 is 0 Å². The molecule has 1 fully saturated rings. The lowest BCUT2D eigenvalue weighted by molar-refractivity contribution is -0.124. The van der Waals surface area contributed by atoms with Gasteiger partial charge in [-0.2, -0.15) is 4.72 Å². The van der Waals surface area contributed by atoms with Crippen LogP contribution >= 0.6 is 0 Å². The van der Waals surface area contributed by atoms with Crippen LogP contribution in [0.5, 0.6) is 5.75 Å². The molecule has 1 amide bonds. The third kappa shape index (κ3) is 5.42. The maximum Gasteiger partial charge on any atom is 0.241 e. The molecule has 2 rings (SSSR count). The monoisotopic (exact) mass is 369 g/mol. The van der Waals surface area contributed by atoms with Crippen LogP contribution in [0.3, 0.4) is 0 Å². The highest BCUT2D eigenvalue weighted by atomic mass is 32.2. The van der Waals surface area contributed by atoms with E-state index in [9.17, 15) is 13.2 Å². The van der Waals surface area contributed by atoms with E-state index >= 15 is 0 Å². The molecule has 0 saturated carbocycles. The topological polar surface area (TPSA) is 96.5 Å². The van der Waals surface area contributed by atoms with E-state index in [1.165, 1.54) is 19.2 Å². The van der Waals surface area contributed by atoms with Gasteiger partial charge < -0.3 is 15.4 Å². The number of nitrogens with one attached hydrogen (secondary N) is 3. The first-order valence-corrected chi connectivity index (χ1v) is 9.99. The summed E-state index contributed by atoms with van der Waals surface area (Å²) in [5, 5.41) is 6.20. The van der Waals surface area contributed by atoms with Crippen LogP contribution in [0.1, 0.15) is 26.7 Å². The highest BCUT2D eigenvalue weighted by molar-refractivity contribution is 7.89. The normalized spacial score (nSPS) is 17.3. The standard InChI is InChI=1S/C17H27N3O4S/c1-12(2)16(17(21)19-13-8-10-18-11-9-13)20-25(22,23)15-6-4-14(24-3)5-7-15/h4-7,12-13,16,18,20H,8-11H2,1-3H3,(H,19,21). The maximum absolute atomic E-state index is 12.6. The Morgan fingerprint density at radius 2 is 1.80 bits per heavy atom. The van der Waals surface area contributed by atoms with Gasteiger partial charge in [-0.1, -0.05) is 13.8 Å². The lowest BCUT2D eigenvalue weighted by Crippen LogP contribution is -2.53. The van der Waals surface area contributed by atoms with Gasteiger partial charge in [-0.15, -0.1) is 0 Å². The van der Waals surface area contributed by atoms with Crippen LogP contribution in [0, 0.1) is 5.92 Å². The molecule has 1 aromatic rings. The van der Waals surface area contributed by atoms with Crippen molar-refractivity contribution in [2.24, 2.45) is 5.92 Å². The summed E-state index contributed by atoms with van der Waals surface area (Å²) in [7, 11) is -2.28. The fourth-order valence-corrected chi connectivity index (χ4v) is 4.08. The molecule has 1 saturated heterocycles. The van der Waals surface area contributed by atoms with Gasteiger partial charge in [-0.3, -0.25) is 4.79 Å². The molecule has 1 unspecified atom stereocenters. The van der Waals surface area contributed by atoms with Crippen molar-refractivity contribution in [1.82, 2.24) is 15.4 Å². The molecule has 0 aliphatic carbocycles. The van der Waals surface area contributed by atoms with Crippen LogP contribution in [0.15, 0.2) is 29.2 Å².